The fraction of sp³-hybridized carbons (Fsp3) is 0.593. The van der Waals surface area contributed by atoms with E-state index in [0.717, 1.165) is 81.2 Å². The number of aromatic amines is 1. The van der Waals surface area contributed by atoms with Crippen LogP contribution in [0.4, 0.5) is 4.39 Å². The summed E-state index contributed by atoms with van der Waals surface area (Å²) in [6.07, 6.45) is 6.80. The van der Waals surface area contributed by atoms with Gasteiger partial charge in [-0.1, -0.05) is 19.1 Å². The number of phenolic OH excluding ortho intramolecular Hbond substituents is 1. The lowest BCUT2D eigenvalue weighted by Crippen LogP contribution is -2.45. The van der Waals surface area contributed by atoms with Crippen LogP contribution in [-0.2, 0) is 11.2 Å². The number of nitrogens with one attached hydrogen (secondary N) is 3. The Bertz CT molecular complexity index is 1080. The van der Waals surface area contributed by atoms with E-state index in [1.165, 1.54) is 5.57 Å². The maximum atomic E-state index is 15.9. The Morgan fingerprint density at radius 1 is 1.23 bits per heavy atom. The number of benzene rings is 1. The predicted molar refractivity (Wildman–Crippen MR) is 133 cm³/mol. The molecule has 1 aliphatic carbocycles. The van der Waals surface area contributed by atoms with E-state index in [1.54, 1.807) is 12.1 Å². The van der Waals surface area contributed by atoms with Crippen molar-refractivity contribution >= 4 is 5.57 Å². The van der Waals surface area contributed by atoms with Crippen LogP contribution in [0.1, 0.15) is 60.8 Å². The zero-order valence-corrected chi connectivity index (χ0v) is 20.3. The lowest BCUT2D eigenvalue weighted by Gasteiger charge is -2.36. The van der Waals surface area contributed by atoms with E-state index >= 15 is 4.39 Å². The van der Waals surface area contributed by atoms with Crippen LogP contribution in [0, 0.1) is 11.8 Å². The number of alkyl halides is 1. The van der Waals surface area contributed by atoms with Gasteiger partial charge in [0, 0.05) is 37.4 Å². The first kappa shape index (κ1) is 23.2. The van der Waals surface area contributed by atoms with Gasteiger partial charge in [0.05, 0.1) is 37.2 Å². The van der Waals surface area contributed by atoms with Gasteiger partial charge in [0.25, 0.3) is 0 Å². The molecule has 0 radical (unpaired) electrons. The molecule has 0 spiro atoms. The van der Waals surface area contributed by atoms with Gasteiger partial charge in [0.1, 0.15) is 17.7 Å². The van der Waals surface area contributed by atoms with E-state index in [2.05, 4.69) is 33.7 Å². The van der Waals surface area contributed by atoms with Crippen molar-refractivity contribution < 1.29 is 14.2 Å². The number of rotatable bonds is 6. The Morgan fingerprint density at radius 3 is 2.91 bits per heavy atom. The molecule has 6 rings (SSSR count). The molecular formula is C27H36FN5O2. The highest BCUT2D eigenvalue weighted by Gasteiger charge is 2.48. The zero-order chi connectivity index (χ0) is 23.9. The van der Waals surface area contributed by atoms with Crippen LogP contribution >= 0.6 is 0 Å². The Morgan fingerprint density at radius 2 is 2.11 bits per heavy atom. The number of H-pyrrole nitrogens is 1. The molecule has 4 N–H and O–H groups in total. The molecule has 8 heteroatoms. The molecule has 5 unspecified atom stereocenters. The summed E-state index contributed by atoms with van der Waals surface area (Å²) < 4.78 is 21.2. The monoisotopic (exact) mass is 481 g/mol. The van der Waals surface area contributed by atoms with Crippen molar-refractivity contribution in [2.75, 3.05) is 32.8 Å². The molecule has 2 aromatic rings. The van der Waals surface area contributed by atoms with E-state index in [1.807, 2.05) is 12.3 Å². The molecule has 1 saturated carbocycles. The van der Waals surface area contributed by atoms with Gasteiger partial charge in [-0.2, -0.15) is 0 Å². The van der Waals surface area contributed by atoms with Gasteiger partial charge in [-0.25, -0.2) is 14.8 Å². The lowest BCUT2D eigenvalue weighted by atomic mass is 9.71. The number of phenols is 1. The van der Waals surface area contributed by atoms with Crippen molar-refractivity contribution in [2.45, 2.75) is 56.8 Å². The molecule has 188 valence electrons. The standard InChI is InChI=1S/C27H36FN5O2/c1-2-17-10-19(34)5-6-20(17)21-7-8-22-25(24(21)28)31-32-26(22)27-29-11-23(30-27)18-4-3-9-33(13-18)12-16-14-35-15-16/h4-6,10-11,16,21-22,24-26,31-32,34H,2-3,7-9,12-15H2,1H3,(H,29,30). The molecule has 1 aromatic carbocycles. The molecule has 35 heavy (non-hydrogen) atoms. The summed E-state index contributed by atoms with van der Waals surface area (Å²) in [7, 11) is 0. The molecule has 4 aliphatic rings. The highest BCUT2D eigenvalue weighted by molar-refractivity contribution is 5.64. The number of aromatic nitrogens is 2. The van der Waals surface area contributed by atoms with Crippen LogP contribution in [0.15, 0.2) is 30.5 Å². The van der Waals surface area contributed by atoms with E-state index in [0.29, 0.717) is 5.92 Å². The molecule has 4 heterocycles. The van der Waals surface area contributed by atoms with Gasteiger partial charge in [-0.3, -0.25) is 10.3 Å². The Labute approximate surface area is 206 Å². The van der Waals surface area contributed by atoms with Crippen LogP contribution in [0.25, 0.3) is 5.57 Å². The number of aromatic hydroxyl groups is 1. The predicted octanol–water partition coefficient (Wildman–Crippen LogP) is 3.46. The van der Waals surface area contributed by atoms with Gasteiger partial charge < -0.3 is 14.8 Å². The summed E-state index contributed by atoms with van der Waals surface area (Å²) in [5.74, 6) is 1.77. The highest BCUT2D eigenvalue weighted by atomic mass is 19.1. The number of imidazole rings is 1. The van der Waals surface area contributed by atoms with E-state index in [4.69, 9.17) is 9.72 Å². The van der Waals surface area contributed by atoms with Gasteiger partial charge in [0.2, 0.25) is 0 Å². The maximum absolute atomic E-state index is 15.9. The molecule has 2 saturated heterocycles. The molecule has 1 aromatic heterocycles. The SMILES string of the molecule is CCc1cc(O)ccc1C1CCC2C(c3ncc(C4=CCCN(CC5COC5)C4)[nH]3)NNC2C1F. The number of hydrogen-bond acceptors (Lipinski definition) is 6. The highest BCUT2D eigenvalue weighted by Crippen LogP contribution is 2.45. The van der Waals surface area contributed by atoms with Crippen molar-refractivity contribution in [3.8, 4) is 5.75 Å². The first-order chi connectivity index (χ1) is 17.1. The van der Waals surface area contributed by atoms with Gasteiger partial charge in [-0.15, -0.1) is 0 Å². The van der Waals surface area contributed by atoms with Crippen LogP contribution in [0.3, 0.4) is 0 Å². The third kappa shape index (κ3) is 4.42. The normalized spacial score (nSPS) is 31.7. The summed E-state index contributed by atoms with van der Waals surface area (Å²) in [5.41, 5.74) is 11.1. The molecular weight excluding hydrogens is 445 g/mol. The lowest BCUT2D eigenvalue weighted by molar-refractivity contribution is -0.0451. The largest absolute Gasteiger partial charge is 0.508 e. The van der Waals surface area contributed by atoms with Crippen LogP contribution in [0.5, 0.6) is 5.75 Å². The summed E-state index contributed by atoms with van der Waals surface area (Å²) in [6.45, 7) is 6.95. The number of halogens is 1. The summed E-state index contributed by atoms with van der Waals surface area (Å²) in [5, 5.41) is 9.87. The first-order valence-corrected chi connectivity index (χ1v) is 13.1. The van der Waals surface area contributed by atoms with E-state index < -0.39 is 6.17 Å². The molecule has 7 nitrogen and oxygen atoms in total. The van der Waals surface area contributed by atoms with Gasteiger partial charge in [0.15, 0.2) is 0 Å². The molecule has 3 aliphatic heterocycles. The van der Waals surface area contributed by atoms with Crippen LogP contribution < -0.4 is 10.9 Å². The third-order valence-electron chi connectivity index (χ3n) is 8.43. The van der Waals surface area contributed by atoms with Crippen molar-refractivity contribution in [1.29, 1.82) is 0 Å². The summed E-state index contributed by atoms with van der Waals surface area (Å²) in [4.78, 5) is 10.8. The average molecular weight is 482 g/mol. The minimum Gasteiger partial charge on any atom is -0.508 e. The van der Waals surface area contributed by atoms with Crippen molar-refractivity contribution in [2.24, 2.45) is 11.8 Å². The maximum Gasteiger partial charge on any atom is 0.125 e. The van der Waals surface area contributed by atoms with Crippen molar-refractivity contribution in [3.63, 3.8) is 0 Å². The number of aryl methyl sites for hydroxylation is 1. The van der Waals surface area contributed by atoms with Crippen LogP contribution in [0.2, 0.25) is 0 Å². The third-order valence-corrected chi connectivity index (χ3v) is 8.43. The summed E-state index contributed by atoms with van der Waals surface area (Å²) >= 11 is 0. The molecule has 5 atom stereocenters. The van der Waals surface area contributed by atoms with Gasteiger partial charge in [-0.05, 0) is 54.5 Å². The van der Waals surface area contributed by atoms with Crippen LogP contribution in [-0.4, -0.2) is 65.0 Å². The fourth-order valence-corrected chi connectivity index (χ4v) is 6.48. The number of hydrogen-bond donors (Lipinski definition) is 4. The quantitative estimate of drug-likeness (QED) is 0.506. The van der Waals surface area contributed by atoms with Crippen molar-refractivity contribution in [3.05, 3.63) is 53.1 Å². The Kier molecular flexibility index (Phi) is 6.39. The molecule has 3 fully saturated rings. The van der Waals surface area contributed by atoms with E-state index in [9.17, 15) is 5.11 Å². The Balaban J connectivity index is 1.14. The van der Waals surface area contributed by atoms with E-state index in [-0.39, 0.29) is 29.7 Å². The molecule has 0 amide bonds. The topological polar surface area (TPSA) is 85.4 Å². The number of fused-ring (bicyclic) bond motifs is 1. The second-order valence-corrected chi connectivity index (χ2v) is 10.7. The molecule has 0 bridgehead atoms. The smallest absolute Gasteiger partial charge is 0.125 e. The number of hydrazine groups is 1. The fourth-order valence-electron chi connectivity index (χ4n) is 6.48. The zero-order valence-electron chi connectivity index (χ0n) is 20.3. The minimum absolute atomic E-state index is 0.0363. The minimum atomic E-state index is -0.999. The number of nitrogens with zero attached hydrogens (tertiary/aromatic N) is 2. The summed E-state index contributed by atoms with van der Waals surface area (Å²) in [6, 6.07) is 5.07. The Hall–Kier alpha value is -2.26. The van der Waals surface area contributed by atoms with Gasteiger partial charge >= 0.3 is 0 Å². The van der Waals surface area contributed by atoms with Crippen molar-refractivity contribution in [1.82, 2.24) is 25.7 Å². The first-order valence-electron chi connectivity index (χ1n) is 13.1. The number of ether oxygens (including phenoxy) is 1. The average Bonchev–Trinajstić information content (AvgIpc) is 3.50. The second kappa shape index (κ2) is 9.65. The second-order valence-electron chi connectivity index (χ2n) is 10.7.